The zero-order chi connectivity index (χ0) is 30.8. The summed E-state index contributed by atoms with van der Waals surface area (Å²) in [7, 11) is -7.34. The van der Waals surface area contributed by atoms with Gasteiger partial charge in [0.05, 0.1) is 32.4 Å². The highest BCUT2D eigenvalue weighted by molar-refractivity contribution is 7.90. The second kappa shape index (κ2) is 12.5. The molecule has 0 aliphatic rings. The van der Waals surface area contributed by atoms with E-state index in [9.17, 15) is 32.6 Å². The fourth-order valence-electron chi connectivity index (χ4n) is 4.22. The van der Waals surface area contributed by atoms with E-state index in [0.717, 1.165) is 11.6 Å². The molecular weight excluding hydrogens is 624 g/mol. The van der Waals surface area contributed by atoms with Gasteiger partial charge < -0.3 is 19.7 Å². The molecule has 1 amide bonds. The number of carboxylic acid groups (broad SMARTS) is 1. The number of hydrogen-bond donors (Lipinski definition) is 3. The number of benzene rings is 3. The lowest BCUT2D eigenvalue weighted by atomic mass is 10.0. The van der Waals surface area contributed by atoms with E-state index in [1.165, 1.54) is 48.7 Å². The Balaban J connectivity index is 1.50. The van der Waals surface area contributed by atoms with E-state index in [1.807, 2.05) is 0 Å². The van der Waals surface area contributed by atoms with Gasteiger partial charge in [-0.25, -0.2) is 13.2 Å². The molecule has 3 aromatic carbocycles. The van der Waals surface area contributed by atoms with Crippen molar-refractivity contribution in [2.24, 2.45) is 0 Å². The Bertz CT molecular complexity index is 1850. The molecule has 2 unspecified atom stereocenters. The first-order valence-corrected chi connectivity index (χ1v) is 16.8. The molecule has 0 saturated heterocycles. The van der Waals surface area contributed by atoms with Crippen molar-refractivity contribution < 1.29 is 37.0 Å². The summed E-state index contributed by atoms with van der Waals surface area (Å²) in [6.07, 6.45) is 5.43. The maximum atomic E-state index is 13.2. The predicted molar refractivity (Wildman–Crippen MR) is 163 cm³/mol. The first-order valence-electron chi connectivity index (χ1n) is 12.5. The lowest BCUT2D eigenvalue weighted by Gasteiger charge is -2.17. The minimum Gasteiger partial charge on any atom is -0.480 e. The van der Waals surface area contributed by atoms with Gasteiger partial charge in [0.1, 0.15) is 11.6 Å². The summed E-state index contributed by atoms with van der Waals surface area (Å²) in [6.45, 7) is 1.59. The number of fused-ring (bicyclic) bond motifs is 1. The molecule has 0 aliphatic carbocycles. The Hall–Kier alpha value is -3.40. The summed E-state index contributed by atoms with van der Waals surface area (Å²) >= 11 is 12.7. The fraction of sp³-hybridized carbons (Fsp3) is 0.172. The number of aliphatic carboxylic acids is 1. The predicted octanol–water partition coefficient (Wildman–Crippen LogP) is 5.57. The van der Waals surface area contributed by atoms with Crippen molar-refractivity contribution in [1.29, 1.82) is 0 Å². The zero-order valence-corrected chi connectivity index (χ0v) is 25.5. The average Bonchev–Trinajstić information content (AvgIpc) is 3.38. The van der Waals surface area contributed by atoms with Crippen molar-refractivity contribution in [2.75, 3.05) is 6.26 Å². The molecule has 3 atom stereocenters. The molecule has 1 heterocycles. The molecule has 1 aromatic heterocycles. The van der Waals surface area contributed by atoms with Gasteiger partial charge >= 0.3 is 5.97 Å². The summed E-state index contributed by atoms with van der Waals surface area (Å²) in [6, 6.07) is 13.8. The highest BCUT2D eigenvalue weighted by atomic mass is 35.5. The van der Waals surface area contributed by atoms with E-state index in [4.69, 9.17) is 27.6 Å². The van der Waals surface area contributed by atoms with Gasteiger partial charge in [-0.05, 0) is 60.5 Å². The van der Waals surface area contributed by atoms with Crippen molar-refractivity contribution in [3.05, 3.63) is 99.7 Å². The van der Waals surface area contributed by atoms with E-state index >= 15 is 0 Å². The van der Waals surface area contributed by atoms with E-state index in [0.29, 0.717) is 16.7 Å². The molecule has 3 N–H and O–H groups in total. The van der Waals surface area contributed by atoms with Crippen LogP contribution in [0.2, 0.25) is 10.0 Å². The number of halogens is 2. The quantitative estimate of drug-likeness (QED) is 0.189. The number of nitrogens with one attached hydrogen (secondary N) is 1. The number of amides is 1. The van der Waals surface area contributed by atoms with Crippen molar-refractivity contribution in [3.63, 3.8) is 0 Å². The van der Waals surface area contributed by atoms with Crippen LogP contribution in [0, 0.1) is 0 Å². The highest BCUT2D eigenvalue weighted by Crippen LogP contribution is 2.46. The number of carbonyl (C=O) groups excluding carboxylic acids is 1. The summed E-state index contributed by atoms with van der Waals surface area (Å²) in [5, 5.41) is 13.0. The van der Waals surface area contributed by atoms with Crippen LogP contribution in [0.25, 0.3) is 17.0 Å². The first-order chi connectivity index (χ1) is 19.7. The monoisotopic (exact) mass is 649 g/mol. The molecule has 9 nitrogen and oxygen atoms in total. The fourth-order valence-corrected chi connectivity index (χ4v) is 6.97. The van der Waals surface area contributed by atoms with E-state index < -0.39 is 40.8 Å². The summed E-state index contributed by atoms with van der Waals surface area (Å²) < 4.78 is 42.3. The van der Waals surface area contributed by atoms with Gasteiger partial charge in [0.2, 0.25) is 7.37 Å². The molecule has 4 rings (SSSR count). The lowest BCUT2D eigenvalue weighted by molar-refractivity contribution is -0.139. The van der Waals surface area contributed by atoms with Gasteiger partial charge in [-0.15, -0.1) is 0 Å². The SMILES string of the molecule is CC(/C=C/c1cc(Cl)c(C(=O)N[C@@H](Cc2cccc(S(C)(=O)=O)c2)C(=O)O)c(Cl)c1)P(=O)(O)c1ccc2ccoc2c1. The minimum atomic E-state index is -3.83. The van der Waals surface area contributed by atoms with Crippen LogP contribution >= 0.6 is 30.6 Å². The van der Waals surface area contributed by atoms with Crippen LogP contribution < -0.4 is 10.6 Å². The number of allylic oxidation sites excluding steroid dienone is 1. The first kappa shape index (κ1) is 31.5. The van der Waals surface area contributed by atoms with Crippen LogP contribution in [-0.4, -0.2) is 48.3 Å². The Kier molecular flexibility index (Phi) is 9.35. The smallest absolute Gasteiger partial charge is 0.326 e. The van der Waals surface area contributed by atoms with Gasteiger partial charge in [0, 0.05) is 23.4 Å². The molecule has 42 heavy (non-hydrogen) atoms. The Morgan fingerprint density at radius 2 is 1.76 bits per heavy atom. The minimum absolute atomic E-state index is 0.0238. The van der Waals surface area contributed by atoms with E-state index in [1.54, 1.807) is 37.3 Å². The van der Waals surface area contributed by atoms with Crippen molar-refractivity contribution in [3.8, 4) is 0 Å². The Morgan fingerprint density at radius 1 is 1.07 bits per heavy atom. The third kappa shape index (κ3) is 7.14. The summed E-state index contributed by atoms with van der Waals surface area (Å²) in [5.74, 6) is -2.18. The molecule has 4 aromatic rings. The number of sulfone groups is 1. The van der Waals surface area contributed by atoms with Gasteiger partial charge in [-0.3, -0.25) is 9.36 Å². The summed E-state index contributed by atoms with van der Waals surface area (Å²) in [5.41, 5.74) is 0.394. The summed E-state index contributed by atoms with van der Waals surface area (Å²) in [4.78, 5) is 35.8. The number of furan rings is 1. The normalized spacial score (nSPS) is 14.9. The van der Waals surface area contributed by atoms with Crippen LogP contribution in [0.15, 0.2) is 82.3 Å². The molecule has 0 bridgehead atoms. The molecule has 0 saturated carbocycles. The van der Waals surface area contributed by atoms with Gasteiger partial charge in [-0.1, -0.05) is 53.6 Å². The largest absolute Gasteiger partial charge is 0.480 e. The number of rotatable bonds is 10. The highest BCUT2D eigenvalue weighted by Gasteiger charge is 2.28. The van der Waals surface area contributed by atoms with Crippen LogP contribution in [0.4, 0.5) is 0 Å². The second-order valence-electron chi connectivity index (χ2n) is 9.71. The maximum absolute atomic E-state index is 13.2. The Labute approximate surface area is 252 Å². The van der Waals surface area contributed by atoms with Crippen LogP contribution in [0.3, 0.4) is 0 Å². The number of carbonyl (C=O) groups is 2. The lowest BCUT2D eigenvalue weighted by Crippen LogP contribution is -2.42. The third-order valence-electron chi connectivity index (χ3n) is 6.59. The van der Waals surface area contributed by atoms with Gasteiger partial charge in [0.15, 0.2) is 9.84 Å². The van der Waals surface area contributed by atoms with E-state index in [-0.39, 0.29) is 32.2 Å². The van der Waals surface area contributed by atoms with Crippen LogP contribution in [0.1, 0.15) is 28.4 Å². The molecule has 0 radical (unpaired) electrons. The van der Waals surface area contributed by atoms with Crippen LogP contribution in [-0.2, 0) is 25.6 Å². The maximum Gasteiger partial charge on any atom is 0.326 e. The number of hydrogen-bond acceptors (Lipinski definition) is 6. The van der Waals surface area contributed by atoms with E-state index in [2.05, 4.69) is 5.32 Å². The molecular formula is C29H26Cl2NO8PS. The number of carboxylic acids is 1. The standard InChI is InChI=1S/C29H26Cl2NO8PS/c1-17(41(36,37)21-9-8-20-10-11-40-26(20)16-21)6-7-19-13-23(30)27(24(31)14-19)28(33)32-25(29(34)35)15-18-4-3-5-22(12-18)42(2,38)39/h3-14,16-17,25H,15H2,1-2H3,(H,32,33)(H,34,35)(H,36,37)/b7-6+/t17?,25-/m0/s1. The molecule has 13 heteroatoms. The average molecular weight is 650 g/mol. The topological polar surface area (TPSA) is 151 Å². The van der Waals surface area contributed by atoms with Gasteiger partial charge in [-0.2, -0.15) is 0 Å². The van der Waals surface area contributed by atoms with Crippen molar-refractivity contribution in [2.45, 2.75) is 29.9 Å². The zero-order valence-electron chi connectivity index (χ0n) is 22.3. The molecule has 0 spiro atoms. The van der Waals surface area contributed by atoms with Crippen LogP contribution in [0.5, 0.6) is 0 Å². The molecule has 220 valence electrons. The second-order valence-corrected chi connectivity index (χ2v) is 15.1. The Morgan fingerprint density at radius 3 is 2.40 bits per heavy atom. The third-order valence-corrected chi connectivity index (χ3v) is 10.6. The van der Waals surface area contributed by atoms with Crippen molar-refractivity contribution in [1.82, 2.24) is 5.32 Å². The molecule has 0 fully saturated rings. The van der Waals surface area contributed by atoms with Crippen molar-refractivity contribution >= 4 is 74.6 Å². The van der Waals surface area contributed by atoms with Gasteiger partial charge in [0.25, 0.3) is 5.91 Å². The molecule has 0 aliphatic heterocycles.